The Balaban J connectivity index is 2.90. The summed E-state index contributed by atoms with van der Waals surface area (Å²) in [5.41, 5.74) is 0.493. The lowest BCUT2D eigenvalue weighted by Crippen LogP contribution is -2.16. The monoisotopic (exact) mass is 301 g/mol. The summed E-state index contributed by atoms with van der Waals surface area (Å²) in [5.74, 6) is -2.74. The third-order valence-corrected chi connectivity index (χ3v) is 3.24. The van der Waals surface area contributed by atoms with Gasteiger partial charge in [-0.05, 0) is 6.42 Å². The van der Waals surface area contributed by atoms with Crippen LogP contribution < -0.4 is 4.74 Å². The molecular formula is C16H15NO5. The molecule has 0 radical (unpaired) electrons. The van der Waals surface area contributed by atoms with E-state index >= 15 is 0 Å². The second-order valence-corrected chi connectivity index (χ2v) is 4.52. The van der Waals surface area contributed by atoms with Crippen LogP contribution in [0.3, 0.4) is 0 Å². The van der Waals surface area contributed by atoms with E-state index < -0.39 is 11.9 Å². The Hall–Kier alpha value is -2.89. The van der Waals surface area contributed by atoms with E-state index in [0.717, 1.165) is 0 Å². The molecule has 0 atom stereocenters. The van der Waals surface area contributed by atoms with Gasteiger partial charge in [0.15, 0.2) is 5.75 Å². The van der Waals surface area contributed by atoms with Gasteiger partial charge in [-0.2, -0.15) is 0 Å². The number of hydrogen-bond donors (Lipinski definition) is 2. The summed E-state index contributed by atoms with van der Waals surface area (Å²) in [6.45, 7) is 1.72. The van der Waals surface area contributed by atoms with E-state index in [-0.39, 0.29) is 22.6 Å². The molecule has 114 valence electrons. The fourth-order valence-corrected chi connectivity index (χ4v) is 2.30. The van der Waals surface area contributed by atoms with E-state index in [1.807, 2.05) is 6.07 Å². The third-order valence-electron chi connectivity index (χ3n) is 3.24. The van der Waals surface area contributed by atoms with Crippen molar-refractivity contribution in [3.8, 4) is 17.0 Å². The quantitative estimate of drug-likeness (QED) is 0.881. The first kappa shape index (κ1) is 15.5. The predicted molar refractivity (Wildman–Crippen MR) is 79.5 cm³/mol. The number of aryl methyl sites for hydroxylation is 1. The van der Waals surface area contributed by atoms with Gasteiger partial charge in [0, 0.05) is 5.56 Å². The molecule has 2 N–H and O–H groups in total. The Labute approximate surface area is 127 Å². The van der Waals surface area contributed by atoms with Gasteiger partial charge in [0.05, 0.1) is 18.4 Å². The number of carbonyl (C=O) groups is 2. The van der Waals surface area contributed by atoms with Gasteiger partial charge in [0.25, 0.3) is 0 Å². The number of ether oxygens (including phenoxy) is 1. The highest BCUT2D eigenvalue weighted by Gasteiger charge is 2.29. The summed E-state index contributed by atoms with van der Waals surface area (Å²) < 4.78 is 5.18. The van der Waals surface area contributed by atoms with Crippen molar-refractivity contribution in [2.75, 3.05) is 7.11 Å². The summed E-state index contributed by atoms with van der Waals surface area (Å²) in [5, 5.41) is 18.8. The van der Waals surface area contributed by atoms with E-state index in [4.69, 9.17) is 4.74 Å². The smallest absolute Gasteiger partial charge is 0.340 e. The molecule has 0 spiro atoms. The zero-order chi connectivity index (χ0) is 16.3. The highest BCUT2D eigenvalue weighted by atomic mass is 16.5. The van der Waals surface area contributed by atoms with Gasteiger partial charge in [0.1, 0.15) is 11.3 Å². The van der Waals surface area contributed by atoms with Crippen molar-refractivity contribution in [1.29, 1.82) is 0 Å². The second kappa shape index (κ2) is 6.26. The largest absolute Gasteiger partial charge is 0.494 e. The zero-order valence-electron chi connectivity index (χ0n) is 12.2. The molecule has 2 rings (SSSR count). The number of benzene rings is 1. The summed E-state index contributed by atoms with van der Waals surface area (Å²) in [6.07, 6.45) is 0.297. The Kier molecular flexibility index (Phi) is 4.41. The molecule has 0 aliphatic rings. The maximum Gasteiger partial charge on any atom is 0.340 e. The van der Waals surface area contributed by atoms with Crippen molar-refractivity contribution in [3.05, 3.63) is 47.2 Å². The average molecular weight is 301 g/mol. The molecular weight excluding hydrogens is 286 g/mol. The van der Waals surface area contributed by atoms with E-state index in [1.54, 1.807) is 31.2 Å². The molecule has 2 aromatic rings. The van der Waals surface area contributed by atoms with Gasteiger partial charge in [-0.15, -0.1) is 0 Å². The maximum absolute atomic E-state index is 11.6. The number of nitrogens with zero attached hydrogens (tertiary/aromatic N) is 1. The fraction of sp³-hybridized carbons (Fsp3) is 0.188. The van der Waals surface area contributed by atoms with Crippen LogP contribution in [0.2, 0.25) is 0 Å². The van der Waals surface area contributed by atoms with Crippen molar-refractivity contribution < 1.29 is 24.5 Å². The Morgan fingerprint density at radius 2 is 1.68 bits per heavy atom. The van der Waals surface area contributed by atoms with Crippen LogP contribution in [0.5, 0.6) is 5.75 Å². The first-order valence-electron chi connectivity index (χ1n) is 6.64. The number of methoxy groups -OCH3 is 1. The Bertz CT molecular complexity index is 725. The third kappa shape index (κ3) is 2.63. The molecule has 0 saturated carbocycles. The van der Waals surface area contributed by atoms with Gasteiger partial charge in [0.2, 0.25) is 0 Å². The van der Waals surface area contributed by atoms with E-state index in [2.05, 4.69) is 4.98 Å². The fourth-order valence-electron chi connectivity index (χ4n) is 2.30. The highest BCUT2D eigenvalue weighted by Crippen LogP contribution is 2.35. The normalized spacial score (nSPS) is 10.3. The van der Waals surface area contributed by atoms with Crippen molar-refractivity contribution in [3.63, 3.8) is 0 Å². The SMILES string of the molecule is CCc1nc(-c2ccccc2)c(OC)c(C(=O)O)c1C(=O)O. The first-order chi connectivity index (χ1) is 10.5. The topological polar surface area (TPSA) is 96.7 Å². The minimum Gasteiger partial charge on any atom is -0.494 e. The van der Waals surface area contributed by atoms with Crippen LogP contribution in [0.15, 0.2) is 30.3 Å². The van der Waals surface area contributed by atoms with Gasteiger partial charge >= 0.3 is 11.9 Å². The van der Waals surface area contributed by atoms with Crippen molar-refractivity contribution in [2.45, 2.75) is 13.3 Å². The van der Waals surface area contributed by atoms with Gasteiger partial charge in [-0.3, -0.25) is 0 Å². The summed E-state index contributed by atoms with van der Waals surface area (Å²) >= 11 is 0. The molecule has 1 aromatic heterocycles. The molecule has 1 aromatic carbocycles. The van der Waals surface area contributed by atoms with Gasteiger partial charge in [-0.1, -0.05) is 37.3 Å². The van der Waals surface area contributed by atoms with Gasteiger partial charge in [-0.25, -0.2) is 14.6 Å². The number of carboxylic acids is 2. The average Bonchev–Trinajstić information content (AvgIpc) is 2.53. The lowest BCUT2D eigenvalue weighted by Gasteiger charge is -2.16. The molecule has 0 aliphatic heterocycles. The van der Waals surface area contributed by atoms with Crippen LogP contribution in [0.25, 0.3) is 11.3 Å². The molecule has 0 fully saturated rings. The predicted octanol–water partition coefficient (Wildman–Crippen LogP) is 2.72. The van der Waals surface area contributed by atoms with Crippen molar-refractivity contribution in [1.82, 2.24) is 4.98 Å². The number of rotatable bonds is 5. The molecule has 0 unspecified atom stereocenters. The van der Waals surface area contributed by atoms with Crippen LogP contribution in [0, 0.1) is 0 Å². The molecule has 22 heavy (non-hydrogen) atoms. The highest BCUT2D eigenvalue weighted by molar-refractivity contribution is 6.06. The number of pyridine rings is 1. The molecule has 6 nitrogen and oxygen atoms in total. The van der Waals surface area contributed by atoms with Crippen molar-refractivity contribution >= 4 is 11.9 Å². The standard InChI is InChI=1S/C16H15NO5/c1-3-10-11(15(18)19)12(16(20)21)14(22-2)13(17-10)9-7-5-4-6-8-9/h4-8H,3H2,1-2H3,(H,18,19)(H,20,21). The maximum atomic E-state index is 11.6. The lowest BCUT2D eigenvalue weighted by molar-refractivity contribution is 0.0646. The minimum absolute atomic E-state index is 0.0479. The number of aromatic carboxylic acids is 2. The molecule has 0 aliphatic carbocycles. The van der Waals surface area contributed by atoms with E-state index in [1.165, 1.54) is 7.11 Å². The Morgan fingerprint density at radius 3 is 2.14 bits per heavy atom. The summed E-state index contributed by atoms with van der Waals surface area (Å²) in [4.78, 5) is 27.4. The Morgan fingerprint density at radius 1 is 1.09 bits per heavy atom. The number of carboxylic acid groups (broad SMARTS) is 2. The lowest BCUT2D eigenvalue weighted by atomic mass is 9.99. The van der Waals surface area contributed by atoms with Crippen LogP contribution >= 0.6 is 0 Å². The van der Waals surface area contributed by atoms with Crippen LogP contribution in [-0.2, 0) is 6.42 Å². The van der Waals surface area contributed by atoms with E-state index in [0.29, 0.717) is 17.7 Å². The van der Waals surface area contributed by atoms with Crippen molar-refractivity contribution in [2.24, 2.45) is 0 Å². The number of hydrogen-bond acceptors (Lipinski definition) is 4. The second-order valence-electron chi connectivity index (χ2n) is 4.52. The molecule has 0 amide bonds. The summed E-state index contributed by atoms with van der Waals surface area (Å²) in [6, 6.07) is 8.91. The molecule has 6 heteroatoms. The zero-order valence-corrected chi connectivity index (χ0v) is 12.2. The van der Waals surface area contributed by atoms with E-state index in [9.17, 15) is 19.8 Å². The van der Waals surface area contributed by atoms with Gasteiger partial charge < -0.3 is 14.9 Å². The summed E-state index contributed by atoms with van der Waals surface area (Å²) in [7, 11) is 1.30. The number of aromatic nitrogens is 1. The molecule has 1 heterocycles. The molecule has 0 bridgehead atoms. The first-order valence-corrected chi connectivity index (χ1v) is 6.64. The molecule has 0 saturated heterocycles. The van der Waals surface area contributed by atoms with Crippen LogP contribution in [0.4, 0.5) is 0 Å². The van der Waals surface area contributed by atoms with Crippen LogP contribution in [0.1, 0.15) is 33.3 Å². The van der Waals surface area contributed by atoms with Crippen LogP contribution in [-0.4, -0.2) is 34.2 Å². The minimum atomic E-state index is -1.36.